The zero-order valence-electron chi connectivity index (χ0n) is 10.9. The molecule has 2 aliphatic heterocycles. The highest BCUT2D eigenvalue weighted by Crippen LogP contribution is 2.68. The first kappa shape index (κ1) is 11.0. The van der Waals surface area contributed by atoms with Crippen LogP contribution in [0.4, 0.5) is 0 Å². The second-order valence-corrected chi connectivity index (χ2v) is 6.32. The van der Waals surface area contributed by atoms with Crippen molar-refractivity contribution in [3.8, 4) is 0 Å². The van der Waals surface area contributed by atoms with Gasteiger partial charge in [0.1, 0.15) is 0 Å². The standard InChI is InChI=1S/C15H20O3/c1-2-3-5-15-14-6-4-10(7-11(14)9-17-15)8-12(14)13(16)18-15/h7,10,12H,2-6,8-9H2,1H3/t10-,12-,14-,15+/m0/s1. The maximum absolute atomic E-state index is 12.2. The molecule has 2 bridgehead atoms. The van der Waals surface area contributed by atoms with Crippen molar-refractivity contribution in [3.63, 3.8) is 0 Å². The molecule has 0 aromatic carbocycles. The fourth-order valence-corrected chi connectivity index (χ4v) is 4.79. The summed E-state index contributed by atoms with van der Waals surface area (Å²) in [6.45, 7) is 2.86. The van der Waals surface area contributed by atoms with E-state index in [1.807, 2.05) is 0 Å². The number of rotatable bonds is 3. The normalized spacial score (nSPS) is 48.1. The van der Waals surface area contributed by atoms with E-state index in [9.17, 15) is 4.79 Å². The van der Waals surface area contributed by atoms with Crippen LogP contribution in [0.25, 0.3) is 0 Å². The molecular weight excluding hydrogens is 228 g/mol. The van der Waals surface area contributed by atoms with E-state index in [1.165, 1.54) is 12.0 Å². The molecule has 18 heavy (non-hydrogen) atoms. The van der Waals surface area contributed by atoms with E-state index in [0.717, 1.165) is 32.1 Å². The van der Waals surface area contributed by atoms with Crippen LogP contribution >= 0.6 is 0 Å². The highest BCUT2D eigenvalue weighted by atomic mass is 16.7. The number of unbranched alkanes of at least 4 members (excludes halogenated alkanes) is 1. The number of hydrogen-bond donors (Lipinski definition) is 0. The van der Waals surface area contributed by atoms with Crippen molar-refractivity contribution >= 4 is 5.97 Å². The number of carbonyl (C=O) groups excluding carboxylic acids is 1. The lowest BCUT2D eigenvalue weighted by molar-refractivity contribution is -0.224. The summed E-state index contributed by atoms with van der Waals surface area (Å²) in [4.78, 5) is 12.2. The van der Waals surface area contributed by atoms with E-state index in [2.05, 4.69) is 13.0 Å². The van der Waals surface area contributed by atoms with Gasteiger partial charge in [-0.05, 0) is 37.2 Å². The Labute approximate surface area is 108 Å². The quantitative estimate of drug-likeness (QED) is 0.569. The molecule has 2 heterocycles. The molecule has 4 atom stereocenters. The summed E-state index contributed by atoms with van der Waals surface area (Å²) in [5.74, 6) is 0.0573. The van der Waals surface area contributed by atoms with Gasteiger partial charge in [0, 0.05) is 6.42 Å². The Balaban J connectivity index is 1.82. The fraction of sp³-hybridized carbons (Fsp3) is 0.800. The first-order valence-corrected chi connectivity index (χ1v) is 7.30. The largest absolute Gasteiger partial charge is 0.432 e. The van der Waals surface area contributed by atoms with Crippen LogP contribution in [0.5, 0.6) is 0 Å². The smallest absolute Gasteiger partial charge is 0.312 e. The molecule has 2 saturated heterocycles. The lowest BCUT2D eigenvalue weighted by Gasteiger charge is -2.47. The molecule has 3 heteroatoms. The van der Waals surface area contributed by atoms with Crippen LogP contribution in [0.2, 0.25) is 0 Å². The SMILES string of the molecule is CCCC[C@]12OCC3=C[C@@H]4CC[C@@]31[C@@H](C4)C(=O)O2. The maximum Gasteiger partial charge on any atom is 0.312 e. The Morgan fingerprint density at radius 2 is 2.39 bits per heavy atom. The molecule has 98 valence electrons. The van der Waals surface area contributed by atoms with E-state index < -0.39 is 5.79 Å². The molecular formula is C15H20O3. The molecule has 1 spiro atoms. The van der Waals surface area contributed by atoms with Gasteiger partial charge in [0.25, 0.3) is 0 Å². The number of carbonyl (C=O) groups is 1. The molecule has 0 aromatic rings. The van der Waals surface area contributed by atoms with Crippen molar-refractivity contribution in [2.24, 2.45) is 17.3 Å². The average molecular weight is 248 g/mol. The number of esters is 1. The highest BCUT2D eigenvalue weighted by molar-refractivity contribution is 5.79. The van der Waals surface area contributed by atoms with Crippen LogP contribution in [0.15, 0.2) is 11.6 Å². The van der Waals surface area contributed by atoms with Crippen LogP contribution < -0.4 is 0 Å². The minimum absolute atomic E-state index is 0.00102. The molecule has 0 N–H and O–H groups in total. The first-order valence-electron chi connectivity index (χ1n) is 7.30. The predicted octanol–water partition coefficient (Wildman–Crippen LogP) is 2.80. The van der Waals surface area contributed by atoms with E-state index >= 15 is 0 Å². The van der Waals surface area contributed by atoms with Crippen LogP contribution in [-0.4, -0.2) is 18.4 Å². The average Bonchev–Trinajstić information content (AvgIpc) is 2.84. The summed E-state index contributed by atoms with van der Waals surface area (Å²) < 4.78 is 11.9. The van der Waals surface area contributed by atoms with Crippen LogP contribution in [0, 0.1) is 17.3 Å². The lowest BCUT2D eigenvalue weighted by atomic mass is 9.53. The van der Waals surface area contributed by atoms with E-state index in [-0.39, 0.29) is 17.3 Å². The molecule has 5 rings (SSSR count). The van der Waals surface area contributed by atoms with Crippen molar-refractivity contribution in [3.05, 3.63) is 11.6 Å². The molecule has 0 amide bonds. The van der Waals surface area contributed by atoms with Gasteiger partial charge in [0.05, 0.1) is 17.9 Å². The zero-order chi connectivity index (χ0) is 12.4. The summed E-state index contributed by atoms with van der Waals surface area (Å²) in [7, 11) is 0. The second-order valence-electron chi connectivity index (χ2n) is 6.32. The van der Waals surface area contributed by atoms with E-state index in [0.29, 0.717) is 12.5 Å². The summed E-state index contributed by atoms with van der Waals surface area (Å²) in [5.41, 5.74) is 1.28. The fourth-order valence-electron chi connectivity index (χ4n) is 4.79. The maximum atomic E-state index is 12.2. The first-order chi connectivity index (χ1) is 8.72. The summed E-state index contributed by atoms with van der Waals surface area (Å²) in [6, 6.07) is 0. The van der Waals surface area contributed by atoms with Crippen molar-refractivity contribution in [2.45, 2.75) is 51.2 Å². The van der Waals surface area contributed by atoms with Gasteiger partial charge in [-0.3, -0.25) is 4.79 Å². The van der Waals surface area contributed by atoms with Gasteiger partial charge < -0.3 is 9.47 Å². The molecule has 3 nitrogen and oxygen atoms in total. The van der Waals surface area contributed by atoms with Gasteiger partial charge in [-0.1, -0.05) is 19.4 Å². The Hall–Kier alpha value is -0.830. The van der Waals surface area contributed by atoms with Gasteiger partial charge in [0.15, 0.2) is 0 Å². The summed E-state index contributed by atoms with van der Waals surface area (Å²) in [5, 5.41) is 0. The second kappa shape index (κ2) is 3.38. The lowest BCUT2D eigenvalue weighted by Crippen LogP contribution is -2.50. The van der Waals surface area contributed by atoms with Crippen LogP contribution in [0.3, 0.4) is 0 Å². The molecule has 3 fully saturated rings. The zero-order valence-corrected chi connectivity index (χ0v) is 10.9. The number of hydrogen-bond acceptors (Lipinski definition) is 3. The van der Waals surface area contributed by atoms with Gasteiger partial charge in [-0.15, -0.1) is 0 Å². The topological polar surface area (TPSA) is 35.5 Å². The predicted molar refractivity (Wildman–Crippen MR) is 65.6 cm³/mol. The monoisotopic (exact) mass is 248 g/mol. The Morgan fingerprint density at radius 3 is 3.22 bits per heavy atom. The van der Waals surface area contributed by atoms with Crippen LogP contribution in [0.1, 0.15) is 45.4 Å². The van der Waals surface area contributed by atoms with E-state index in [4.69, 9.17) is 9.47 Å². The van der Waals surface area contributed by atoms with Crippen LogP contribution in [-0.2, 0) is 14.3 Å². The van der Waals surface area contributed by atoms with Crippen molar-refractivity contribution in [1.29, 1.82) is 0 Å². The third-order valence-corrected chi connectivity index (χ3v) is 5.60. The minimum atomic E-state index is -0.609. The van der Waals surface area contributed by atoms with Gasteiger partial charge in [-0.25, -0.2) is 0 Å². The molecule has 0 aromatic heterocycles. The van der Waals surface area contributed by atoms with Crippen molar-refractivity contribution in [1.82, 2.24) is 0 Å². The molecule has 3 aliphatic carbocycles. The molecule has 0 unspecified atom stereocenters. The van der Waals surface area contributed by atoms with Crippen molar-refractivity contribution < 1.29 is 14.3 Å². The molecule has 1 saturated carbocycles. The summed E-state index contributed by atoms with van der Waals surface area (Å²) in [6.07, 6.45) is 8.71. The van der Waals surface area contributed by atoms with Gasteiger partial charge >= 0.3 is 5.97 Å². The number of ether oxygens (including phenoxy) is 2. The minimum Gasteiger partial charge on any atom is -0.432 e. The Bertz CT molecular complexity index is 441. The van der Waals surface area contributed by atoms with Crippen molar-refractivity contribution in [2.75, 3.05) is 6.61 Å². The summed E-state index contributed by atoms with van der Waals surface area (Å²) >= 11 is 0. The van der Waals surface area contributed by atoms with Gasteiger partial charge in [-0.2, -0.15) is 0 Å². The van der Waals surface area contributed by atoms with Gasteiger partial charge in [0.2, 0.25) is 5.79 Å². The molecule has 0 radical (unpaired) electrons. The van der Waals surface area contributed by atoms with E-state index in [1.54, 1.807) is 0 Å². The third kappa shape index (κ3) is 1.04. The highest BCUT2D eigenvalue weighted by Gasteiger charge is 2.74. The Kier molecular flexibility index (Phi) is 2.07. The Morgan fingerprint density at radius 1 is 1.50 bits per heavy atom. The number of fused-ring (bicyclic) bond motifs is 1. The number of allylic oxidation sites excluding steroid dienone is 1. The third-order valence-electron chi connectivity index (χ3n) is 5.60. The molecule has 5 aliphatic rings.